The Morgan fingerprint density at radius 1 is 1.11 bits per heavy atom. The third-order valence-corrected chi connectivity index (χ3v) is 6.35. The first-order valence-corrected chi connectivity index (χ1v) is 11.0. The Hall–Kier alpha value is -3.57. The highest BCUT2D eigenvalue weighted by Gasteiger charge is 2.62. The molecule has 2 heterocycles. The number of rotatable bonds is 5. The molecule has 0 radical (unpaired) electrons. The topological polar surface area (TPSA) is 138 Å². The molecule has 8 nitrogen and oxygen atoms in total. The van der Waals surface area contributed by atoms with Crippen molar-refractivity contribution in [3.63, 3.8) is 0 Å². The molecule has 2 amide bonds. The number of carbonyl (C=O) groups is 2. The zero-order chi connectivity index (χ0) is 26.6. The maximum absolute atomic E-state index is 14.4. The predicted molar refractivity (Wildman–Crippen MR) is 125 cm³/mol. The third kappa shape index (κ3) is 4.18. The van der Waals surface area contributed by atoms with Crippen LogP contribution in [-0.4, -0.2) is 23.7 Å². The molecule has 0 bridgehead atoms. The van der Waals surface area contributed by atoms with Crippen LogP contribution < -0.4 is 17.1 Å². The molecule has 3 aromatic rings. The van der Waals surface area contributed by atoms with Crippen molar-refractivity contribution in [2.45, 2.75) is 31.0 Å². The summed E-state index contributed by atoms with van der Waals surface area (Å²) in [5, 5.41) is 3.63. The van der Waals surface area contributed by atoms with Crippen LogP contribution >= 0.6 is 23.2 Å². The molecule has 13 heteroatoms. The summed E-state index contributed by atoms with van der Waals surface area (Å²) in [4.78, 5) is 41.2. The molecular formula is C23H16Cl2F3N3O5. The van der Waals surface area contributed by atoms with Crippen LogP contribution in [0.25, 0.3) is 11.0 Å². The van der Waals surface area contributed by atoms with Gasteiger partial charge in [-0.1, -0.05) is 34.4 Å². The first-order chi connectivity index (χ1) is 16.7. The van der Waals surface area contributed by atoms with Gasteiger partial charge < -0.3 is 20.7 Å². The number of fused-ring (bicyclic) bond motifs is 1. The van der Waals surface area contributed by atoms with E-state index < -0.39 is 41.6 Å². The second kappa shape index (κ2) is 8.82. The van der Waals surface area contributed by atoms with E-state index in [2.05, 4.69) is 5.16 Å². The van der Waals surface area contributed by atoms with Gasteiger partial charge >= 0.3 is 11.8 Å². The molecule has 2 aromatic carbocycles. The number of amides is 2. The van der Waals surface area contributed by atoms with E-state index in [0.717, 1.165) is 12.1 Å². The van der Waals surface area contributed by atoms with Gasteiger partial charge in [-0.15, -0.1) is 0 Å². The molecular weight excluding hydrogens is 526 g/mol. The molecule has 1 aliphatic rings. The molecule has 2 atom stereocenters. The van der Waals surface area contributed by atoms with Gasteiger partial charge in [0.1, 0.15) is 0 Å². The SMILES string of the molecule is CC(C(N)=O)c1cc2c(C3=NOC(c4cc(Cl)cc(Cl)c4)(C(F)(F)F)C3)ccc(C(N)=O)c2oc1=O. The van der Waals surface area contributed by atoms with Crippen LogP contribution in [0.2, 0.25) is 10.0 Å². The molecule has 188 valence electrons. The van der Waals surface area contributed by atoms with Gasteiger partial charge in [0.25, 0.3) is 11.5 Å². The van der Waals surface area contributed by atoms with Gasteiger partial charge in [-0.3, -0.25) is 9.59 Å². The van der Waals surface area contributed by atoms with Crippen molar-refractivity contribution in [1.82, 2.24) is 0 Å². The average Bonchev–Trinajstić information content (AvgIpc) is 3.23. The molecule has 1 aromatic heterocycles. The molecule has 0 aliphatic carbocycles. The smallest absolute Gasteiger partial charge is 0.422 e. The number of halogens is 5. The van der Waals surface area contributed by atoms with E-state index in [9.17, 15) is 27.6 Å². The highest BCUT2D eigenvalue weighted by molar-refractivity contribution is 6.34. The molecule has 0 fully saturated rings. The lowest BCUT2D eigenvalue weighted by atomic mass is 9.85. The molecule has 0 spiro atoms. The minimum atomic E-state index is -4.95. The van der Waals surface area contributed by atoms with E-state index in [4.69, 9.17) is 43.9 Å². The second-order valence-electron chi connectivity index (χ2n) is 8.17. The molecule has 36 heavy (non-hydrogen) atoms. The Balaban J connectivity index is 1.93. The van der Waals surface area contributed by atoms with Crippen molar-refractivity contribution in [2.24, 2.45) is 16.6 Å². The van der Waals surface area contributed by atoms with Gasteiger partial charge in [0.05, 0.1) is 22.8 Å². The molecule has 4 N–H and O–H groups in total. The van der Waals surface area contributed by atoms with E-state index in [1.54, 1.807) is 0 Å². The fraction of sp³-hybridized carbons (Fsp3) is 0.217. The van der Waals surface area contributed by atoms with Crippen LogP contribution in [0.15, 0.2) is 50.8 Å². The van der Waals surface area contributed by atoms with Crippen LogP contribution in [0.3, 0.4) is 0 Å². The van der Waals surface area contributed by atoms with E-state index >= 15 is 0 Å². The molecule has 2 unspecified atom stereocenters. The Morgan fingerprint density at radius 3 is 2.31 bits per heavy atom. The first-order valence-electron chi connectivity index (χ1n) is 10.2. The quantitative estimate of drug-likeness (QED) is 0.462. The molecule has 4 rings (SSSR count). The maximum Gasteiger partial charge on any atom is 0.435 e. The number of alkyl halides is 3. The maximum atomic E-state index is 14.4. The fourth-order valence-electron chi connectivity index (χ4n) is 3.95. The van der Waals surface area contributed by atoms with E-state index in [-0.39, 0.29) is 49.0 Å². The number of primary amides is 2. The zero-order valence-corrected chi connectivity index (χ0v) is 19.8. The van der Waals surface area contributed by atoms with Crippen LogP contribution in [0.4, 0.5) is 13.2 Å². The van der Waals surface area contributed by atoms with Crippen molar-refractivity contribution >= 4 is 51.7 Å². The lowest BCUT2D eigenvalue weighted by Crippen LogP contribution is -2.42. The second-order valence-corrected chi connectivity index (χ2v) is 9.04. The molecule has 1 aliphatic heterocycles. The van der Waals surface area contributed by atoms with Crippen LogP contribution in [0.1, 0.15) is 46.3 Å². The summed E-state index contributed by atoms with van der Waals surface area (Å²) in [6.45, 7) is 1.35. The zero-order valence-electron chi connectivity index (χ0n) is 18.3. The standard InChI is InChI=1S/C23H16Cl2F3N3O5/c1-9(19(29)32)15-7-16-13(2-3-14(20(30)33)18(16)35-21(15)34)17-8-22(36-31-17,23(26,27)28)10-4-11(24)6-12(25)5-10/h2-7,9H,8H2,1H3,(H2,29,32)(H2,30,33). The Labute approximate surface area is 210 Å². The van der Waals surface area contributed by atoms with Crippen molar-refractivity contribution in [3.05, 3.63) is 79.1 Å². The van der Waals surface area contributed by atoms with E-state index in [1.807, 2.05) is 0 Å². The monoisotopic (exact) mass is 541 g/mol. The van der Waals surface area contributed by atoms with Crippen LogP contribution in [-0.2, 0) is 15.2 Å². The summed E-state index contributed by atoms with van der Waals surface area (Å²) in [6, 6.07) is 7.10. The normalized spacial score (nSPS) is 18.6. The van der Waals surface area contributed by atoms with Crippen LogP contribution in [0, 0.1) is 0 Å². The highest BCUT2D eigenvalue weighted by atomic mass is 35.5. The Morgan fingerprint density at radius 2 is 1.75 bits per heavy atom. The number of oxime groups is 1. The lowest BCUT2D eigenvalue weighted by Gasteiger charge is -2.29. The van der Waals surface area contributed by atoms with Crippen molar-refractivity contribution in [2.75, 3.05) is 0 Å². The summed E-state index contributed by atoms with van der Waals surface area (Å²) in [5.74, 6) is -2.89. The van der Waals surface area contributed by atoms with Crippen molar-refractivity contribution < 1.29 is 32.0 Å². The van der Waals surface area contributed by atoms with Gasteiger partial charge in [0, 0.05) is 33.0 Å². The van der Waals surface area contributed by atoms with Crippen LogP contribution in [0.5, 0.6) is 0 Å². The summed E-state index contributed by atoms with van der Waals surface area (Å²) in [6.07, 6.45) is -5.76. The average molecular weight is 542 g/mol. The largest absolute Gasteiger partial charge is 0.435 e. The number of nitrogens with zero attached hydrogens (tertiary/aromatic N) is 1. The molecule has 0 saturated heterocycles. The summed E-state index contributed by atoms with van der Waals surface area (Å²) in [7, 11) is 0. The highest BCUT2D eigenvalue weighted by Crippen LogP contribution is 2.50. The Kier molecular flexibility index (Phi) is 6.26. The van der Waals surface area contributed by atoms with Gasteiger partial charge in [-0.05, 0) is 37.3 Å². The number of carbonyl (C=O) groups excluding carboxylic acids is 2. The molecule has 0 saturated carbocycles. The summed E-state index contributed by atoms with van der Waals surface area (Å²) >= 11 is 11.9. The van der Waals surface area contributed by atoms with E-state index in [0.29, 0.717) is 0 Å². The number of benzene rings is 2. The van der Waals surface area contributed by atoms with Gasteiger partial charge in [0.2, 0.25) is 5.91 Å². The van der Waals surface area contributed by atoms with Gasteiger partial charge in [0.15, 0.2) is 5.58 Å². The summed E-state index contributed by atoms with van der Waals surface area (Å²) in [5.41, 5.74) is 5.64. The fourth-order valence-corrected chi connectivity index (χ4v) is 4.48. The van der Waals surface area contributed by atoms with Gasteiger partial charge in [-0.25, -0.2) is 4.79 Å². The third-order valence-electron chi connectivity index (χ3n) is 5.91. The minimum absolute atomic E-state index is 0.0125. The predicted octanol–water partition coefficient (Wildman–Crippen LogP) is 4.37. The summed E-state index contributed by atoms with van der Waals surface area (Å²) < 4.78 is 48.5. The Bertz CT molecular complexity index is 1500. The van der Waals surface area contributed by atoms with Gasteiger partial charge in [-0.2, -0.15) is 13.2 Å². The number of hydrogen-bond acceptors (Lipinski definition) is 6. The number of nitrogens with two attached hydrogens (primary N) is 2. The van der Waals surface area contributed by atoms with Crippen molar-refractivity contribution in [3.8, 4) is 0 Å². The number of hydrogen-bond donors (Lipinski definition) is 2. The lowest BCUT2D eigenvalue weighted by molar-refractivity contribution is -0.275. The van der Waals surface area contributed by atoms with Crippen molar-refractivity contribution in [1.29, 1.82) is 0 Å². The first kappa shape index (κ1) is 25.5. The van der Waals surface area contributed by atoms with E-state index in [1.165, 1.54) is 31.2 Å². The minimum Gasteiger partial charge on any atom is -0.422 e.